The predicted molar refractivity (Wildman–Crippen MR) is 93.5 cm³/mol. The summed E-state index contributed by atoms with van der Waals surface area (Å²) in [6.07, 6.45) is 2.89. The fraction of sp³-hybridized carbons (Fsp3) is 0.579. The molecule has 0 unspecified atom stereocenters. The Labute approximate surface area is 148 Å². The zero-order valence-corrected chi connectivity index (χ0v) is 14.7. The third-order valence-corrected chi connectivity index (χ3v) is 5.37. The molecule has 0 spiro atoms. The number of rotatable bonds is 5. The number of carbonyl (C=O) groups is 2. The van der Waals surface area contributed by atoms with Crippen molar-refractivity contribution in [1.29, 1.82) is 0 Å². The maximum Gasteiger partial charge on any atom is 0.348 e. The van der Waals surface area contributed by atoms with Gasteiger partial charge in [-0.25, -0.2) is 4.79 Å². The van der Waals surface area contributed by atoms with Crippen LogP contribution >= 0.6 is 0 Å². The molecule has 2 fully saturated rings. The van der Waals surface area contributed by atoms with E-state index in [2.05, 4.69) is 4.90 Å². The van der Waals surface area contributed by atoms with E-state index >= 15 is 0 Å². The zero-order valence-electron chi connectivity index (χ0n) is 14.7. The van der Waals surface area contributed by atoms with Crippen LogP contribution in [0.2, 0.25) is 0 Å². The number of hydrogen-bond acceptors (Lipinski definition) is 4. The Morgan fingerprint density at radius 3 is 2.24 bits per heavy atom. The maximum absolute atomic E-state index is 12.7. The zero-order chi connectivity index (χ0) is 17.9. The number of benzene rings is 1. The Morgan fingerprint density at radius 1 is 1.08 bits per heavy atom. The van der Waals surface area contributed by atoms with Gasteiger partial charge in [0.05, 0.1) is 6.04 Å². The molecule has 25 heavy (non-hydrogen) atoms. The Hall–Kier alpha value is -2.08. The molecule has 1 N–H and O–H groups in total. The standard InChI is InChI=1S/C19H26N2O4/c1-15(20-11-5-6-12-20)17(22)21-13-9-19(10-14-21,18(23)24)25-16-7-3-2-4-8-16/h2-4,7-8,15H,5-6,9-14H2,1H3,(H,23,24)/t15-/m0/s1. The molecule has 136 valence electrons. The minimum atomic E-state index is -1.25. The van der Waals surface area contributed by atoms with E-state index in [1.54, 1.807) is 17.0 Å². The van der Waals surface area contributed by atoms with E-state index in [0.29, 0.717) is 31.7 Å². The fourth-order valence-corrected chi connectivity index (χ4v) is 3.71. The van der Waals surface area contributed by atoms with Crippen LogP contribution in [0.25, 0.3) is 0 Å². The molecule has 1 aromatic rings. The van der Waals surface area contributed by atoms with Crippen LogP contribution in [0.3, 0.4) is 0 Å². The Kier molecular flexibility index (Phi) is 5.27. The Bertz CT molecular complexity index is 605. The van der Waals surface area contributed by atoms with Gasteiger partial charge < -0.3 is 14.7 Å². The van der Waals surface area contributed by atoms with Crippen LogP contribution in [-0.4, -0.2) is 64.6 Å². The number of hydrogen-bond donors (Lipinski definition) is 1. The summed E-state index contributed by atoms with van der Waals surface area (Å²) in [5.41, 5.74) is -1.25. The number of carbonyl (C=O) groups excluding carboxylic acids is 1. The molecule has 1 atom stereocenters. The van der Waals surface area contributed by atoms with Crippen LogP contribution in [0.4, 0.5) is 0 Å². The molecule has 0 aliphatic carbocycles. The normalized spacial score (nSPS) is 21.7. The molecule has 0 bridgehead atoms. The molecule has 6 nitrogen and oxygen atoms in total. The molecular weight excluding hydrogens is 320 g/mol. The van der Waals surface area contributed by atoms with Crippen LogP contribution < -0.4 is 4.74 Å². The minimum absolute atomic E-state index is 0.0978. The molecule has 0 aromatic heterocycles. The lowest BCUT2D eigenvalue weighted by atomic mass is 9.90. The first-order chi connectivity index (χ1) is 12.0. The molecule has 2 aliphatic heterocycles. The summed E-state index contributed by atoms with van der Waals surface area (Å²) in [6, 6.07) is 8.90. The summed E-state index contributed by atoms with van der Waals surface area (Å²) in [6.45, 7) is 4.72. The number of carboxylic acid groups (broad SMARTS) is 1. The first-order valence-electron chi connectivity index (χ1n) is 9.02. The first-order valence-corrected chi connectivity index (χ1v) is 9.02. The quantitative estimate of drug-likeness (QED) is 0.883. The number of aliphatic carboxylic acids is 1. The molecule has 1 aromatic carbocycles. The molecule has 2 heterocycles. The van der Waals surface area contributed by atoms with Gasteiger partial charge in [0.15, 0.2) is 0 Å². The minimum Gasteiger partial charge on any atom is -0.478 e. The first kappa shape index (κ1) is 17.7. The number of carboxylic acids is 1. The van der Waals surface area contributed by atoms with Gasteiger partial charge in [-0.1, -0.05) is 18.2 Å². The summed E-state index contributed by atoms with van der Waals surface area (Å²) in [5.74, 6) is -0.313. The van der Waals surface area contributed by atoms with E-state index in [-0.39, 0.29) is 11.9 Å². The largest absolute Gasteiger partial charge is 0.478 e. The Morgan fingerprint density at radius 2 is 1.68 bits per heavy atom. The van der Waals surface area contributed by atoms with Crippen LogP contribution in [-0.2, 0) is 9.59 Å². The van der Waals surface area contributed by atoms with E-state index < -0.39 is 11.6 Å². The highest BCUT2D eigenvalue weighted by Gasteiger charge is 2.45. The van der Waals surface area contributed by atoms with Gasteiger partial charge in [0.2, 0.25) is 11.5 Å². The second kappa shape index (κ2) is 7.44. The lowest BCUT2D eigenvalue weighted by molar-refractivity contribution is -0.162. The van der Waals surface area contributed by atoms with Crippen LogP contribution in [0.5, 0.6) is 5.75 Å². The van der Waals surface area contributed by atoms with Crippen molar-refractivity contribution < 1.29 is 19.4 Å². The highest BCUT2D eigenvalue weighted by molar-refractivity contribution is 5.83. The lowest BCUT2D eigenvalue weighted by Gasteiger charge is -2.40. The van der Waals surface area contributed by atoms with E-state index in [9.17, 15) is 14.7 Å². The third kappa shape index (κ3) is 3.79. The summed E-state index contributed by atoms with van der Waals surface area (Å²) < 4.78 is 5.84. The predicted octanol–water partition coefficient (Wildman–Crippen LogP) is 2.00. The van der Waals surface area contributed by atoms with Crippen LogP contribution in [0.15, 0.2) is 30.3 Å². The summed E-state index contributed by atoms with van der Waals surface area (Å²) in [7, 11) is 0. The van der Waals surface area contributed by atoms with Gasteiger partial charge in [0.25, 0.3) is 0 Å². The monoisotopic (exact) mass is 346 g/mol. The van der Waals surface area contributed by atoms with Gasteiger partial charge in [0, 0.05) is 25.9 Å². The lowest BCUT2D eigenvalue weighted by Crippen LogP contribution is -2.56. The van der Waals surface area contributed by atoms with E-state index in [0.717, 1.165) is 25.9 Å². The van der Waals surface area contributed by atoms with Crippen LogP contribution in [0, 0.1) is 0 Å². The molecule has 3 rings (SSSR count). The number of para-hydroxylation sites is 1. The van der Waals surface area contributed by atoms with Crippen molar-refractivity contribution in [1.82, 2.24) is 9.80 Å². The SMILES string of the molecule is C[C@@H](C(=O)N1CCC(Oc2ccccc2)(C(=O)O)CC1)N1CCCC1. The van der Waals surface area contributed by atoms with Crippen molar-refractivity contribution in [3.63, 3.8) is 0 Å². The average Bonchev–Trinajstić information content (AvgIpc) is 3.16. The topological polar surface area (TPSA) is 70.1 Å². The van der Waals surface area contributed by atoms with Gasteiger partial charge in [-0.3, -0.25) is 9.69 Å². The highest BCUT2D eigenvalue weighted by Crippen LogP contribution is 2.30. The fourth-order valence-electron chi connectivity index (χ4n) is 3.71. The molecule has 6 heteroatoms. The number of likely N-dealkylation sites (tertiary alicyclic amines) is 2. The van der Waals surface area contributed by atoms with Crippen molar-refractivity contribution in [2.24, 2.45) is 0 Å². The van der Waals surface area contributed by atoms with E-state index in [1.807, 2.05) is 25.1 Å². The summed E-state index contributed by atoms with van der Waals surface area (Å²) in [5, 5.41) is 9.72. The summed E-state index contributed by atoms with van der Waals surface area (Å²) in [4.78, 5) is 28.6. The number of ether oxygens (including phenoxy) is 1. The van der Waals surface area contributed by atoms with Gasteiger partial charge in [-0.2, -0.15) is 0 Å². The van der Waals surface area contributed by atoms with Gasteiger partial charge in [0.1, 0.15) is 5.75 Å². The Balaban J connectivity index is 1.63. The third-order valence-electron chi connectivity index (χ3n) is 5.37. The van der Waals surface area contributed by atoms with Crippen molar-refractivity contribution >= 4 is 11.9 Å². The molecule has 2 aliphatic rings. The molecular formula is C19H26N2O4. The van der Waals surface area contributed by atoms with Crippen molar-refractivity contribution in [2.75, 3.05) is 26.2 Å². The number of piperidine rings is 1. The van der Waals surface area contributed by atoms with Gasteiger partial charge in [-0.05, 0) is 45.0 Å². The average molecular weight is 346 g/mol. The molecule has 1 amide bonds. The smallest absolute Gasteiger partial charge is 0.348 e. The number of nitrogens with zero attached hydrogens (tertiary/aromatic N) is 2. The van der Waals surface area contributed by atoms with Crippen molar-refractivity contribution in [3.05, 3.63) is 30.3 Å². The van der Waals surface area contributed by atoms with Crippen molar-refractivity contribution in [3.8, 4) is 5.75 Å². The highest BCUT2D eigenvalue weighted by atomic mass is 16.5. The van der Waals surface area contributed by atoms with Gasteiger partial charge >= 0.3 is 5.97 Å². The van der Waals surface area contributed by atoms with E-state index in [1.165, 1.54) is 0 Å². The van der Waals surface area contributed by atoms with Crippen molar-refractivity contribution in [2.45, 2.75) is 44.2 Å². The maximum atomic E-state index is 12.7. The second-order valence-electron chi connectivity index (χ2n) is 6.96. The van der Waals surface area contributed by atoms with Crippen LogP contribution in [0.1, 0.15) is 32.6 Å². The van der Waals surface area contributed by atoms with Gasteiger partial charge in [-0.15, -0.1) is 0 Å². The van der Waals surface area contributed by atoms with E-state index in [4.69, 9.17) is 4.74 Å². The molecule has 0 radical (unpaired) electrons. The number of amides is 1. The summed E-state index contributed by atoms with van der Waals surface area (Å²) >= 11 is 0. The molecule has 2 saturated heterocycles. The second-order valence-corrected chi connectivity index (χ2v) is 6.96. The molecule has 0 saturated carbocycles.